The Morgan fingerprint density at radius 2 is 2.25 bits per heavy atom. The first-order valence-corrected chi connectivity index (χ1v) is 6.79. The zero-order valence-corrected chi connectivity index (χ0v) is 11.7. The van der Waals surface area contributed by atoms with Crippen LogP contribution >= 0.6 is 11.6 Å². The van der Waals surface area contributed by atoms with Gasteiger partial charge in [-0.25, -0.2) is 4.79 Å². The number of nitrogens with zero attached hydrogens (tertiary/aromatic N) is 1. The van der Waals surface area contributed by atoms with Crippen LogP contribution in [0, 0.1) is 5.92 Å². The van der Waals surface area contributed by atoms with Gasteiger partial charge in [0.15, 0.2) is 0 Å². The first-order valence-electron chi connectivity index (χ1n) is 6.41. The van der Waals surface area contributed by atoms with Crippen LogP contribution in [-0.4, -0.2) is 34.5 Å². The third-order valence-electron chi connectivity index (χ3n) is 3.55. The molecule has 1 saturated heterocycles. The highest BCUT2D eigenvalue weighted by molar-refractivity contribution is 6.31. The number of hydrogen-bond acceptors (Lipinski definition) is 2. The number of aliphatic carboxylic acids is 1. The Bertz CT molecular complexity index is 544. The molecular weight excluding hydrogens is 278 g/mol. The fourth-order valence-electron chi connectivity index (χ4n) is 2.42. The molecule has 0 aromatic heterocycles. The number of carboxylic acids is 1. The minimum atomic E-state index is -1.01. The largest absolute Gasteiger partial charge is 0.480 e. The molecule has 1 unspecified atom stereocenters. The number of likely N-dealkylation sites (tertiary alicyclic amines) is 1. The maximum absolute atomic E-state index is 11.9. The lowest BCUT2D eigenvalue weighted by molar-refractivity contribution is -0.148. The number of carbonyl (C=O) groups is 2. The van der Waals surface area contributed by atoms with Crippen molar-refractivity contribution in [1.29, 1.82) is 0 Å². The lowest BCUT2D eigenvalue weighted by atomic mass is 10.0. The third kappa shape index (κ3) is 3.02. The van der Waals surface area contributed by atoms with Gasteiger partial charge in [0, 0.05) is 30.3 Å². The molecule has 0 radical (unpaired) electrons. The summed E-state index contributed by atoms with van der Waals surface area (Å²) in [6.07, 6.45) is 2.24. The van der Waals surface area contributed by atoms with Crippen LogP contribution in [0.1, 0.15) is 12.0 Å². The Morgan fingerprint density at radius 1 is 1.55 bits per heavy atom. The molecule has 1 aromatic rings. The van der Waals surface area contributed by atoms with E-state index in [-0.39, 0.29) is 18.2 Å². The number of carbonyl (C=O) groups excluding carboxylic acids is 1. The van der Waals surface area contributed by atoms with E-state index in [1.54, 1.807) is 30.3 Å². The number of benzene rings is 1. The Balaban J connectivity index is 2.20. The fourth-order valence-corrected chi connectivity index (χ4v) is 2.64. The molecule has 1 aliphatic rings. The van der Waals surface area contributed by atoms with Crippen molar-refractivity contribution in [2.75, 3.05) is 6.54 Å². The molecule has 0 bridgehead atoms. The van der Waals surface area contributed by atoms with Crippen LogP contribution in [0.2, 0.25) is 5.02 Å². The van der Waals surface area contributed by atoms with Gasteiger partial charge in [-0.1, -0.05) is 35.9 Å². The van der Waals surface area contributed by atoms with E-state index in [1.165, 1.54) is 4.90 Å². The van der Waals surface area contributed by atoms with Gasteiger partial charge in [-0.3, -0.25) is 4.79 Å². The van der Waals surface area contributed by atoms with Crippen LogP contribution in [-0.2, 0) is 16.0 Å². The lowest BCUT2D eigenvalue weighted by Crippen LogP contribution is -2.43. The zero-order chi connectivity index (χ0) is 14.7. The number of carboxylic acid groups (broad SMARTS) is 1. The second-order valence-corrected chi connectivity index (χ2v) is 5.30. The number of hydrogen-bond donors (Lipinski definition) is 1. The van der Waals surface area contributed by atoms with Gasteiger partial charge < -0.3 is 10.0 Å². The van der Waals surface area contributed by atoms with E-state index in [2.05, 4.69) is 6.58 Å². The van der Waals surface area contributed by atoms with Crippen molar-refractivity contribution in [2.24, 2.45) is 5.92 Å². The van der Waals surface area contributed by atoms with Crippen LogP contribution in [0.3, 0.4) is 0 Å². The Labute approximate surface area is 122 Å². The summed E-state index contributed by atoms with van der Waals surface area (Å²) >= 11 is 6.06. The predicted octanol–water partition coefficient (Wildman–Crippen LogP) is 2.37. The predicted molar refractivity (Wildman–Crippen MR) is 76.6 cm³/mol. The molecule has 2 rings (SSSR count). The van der Waals surface area contributed by atoms with Crippen molar-refractivity contribution in [3.05, 3.63) is 47.5 Å². The third-order valence-corrected chi connectivity index (χ3v) is 3.92. The molecule has 1 amide bonds. The van der Waals surface area contributed by atoms with Gasteiger partial charge in [0.2, 0.25) is 5.91 Å². The molecule has 20 heavy (non-hydrogen) atoms. The summed E-state index contributed by atoms with van der Waals surface area (Å²) in [4.78, 5) is 24.8. The van der Waals surface area contributed by atoms with Gasteiger partial charge in [0.25, 0.3) is 0 Å². The average Bonchev–Trinajstić information content (AvgIpc) is 2.78. The molecule has 5 heteroatoms. The van der Waals surface area contributed by atoms with E-state index in [9.17, 15) is 14.7 Å². The quantitative estimate of drug-likeness (QED) is 0.848. The summed E-state index contributed by atoms with van der Waals surface area (Å²) in [7, 11) is 0. The molecule has 1 heterocycles. The maximum atomic E-state index is 11.9. The molecule has 0 aliphatic carbocycles. The Hall–Kier alpha value is -1.81. The molecule has 1 N–H and O–H groups in total. The van der Waals surface area contributed by atoms with Crippen LogP contribution < -0.4 is 0 Å². The highest BCUT2D eigenvalue weighted by Gasteiger charge is 2.36. The fraction of sp³-hybridized carbons (Fsp3) is 0.333. The number of amides is 1. The standard InChI is InChI=1S/C15H16ClNO3/c1-2-10-7-14(18)17(9-10)13(15(19)20)8-11-5-3-4-6-12(11)16/h2-6,10,13H,1,7-9H2,(H,19,20)/t10?,13-/m0/s1. The SMILES string of the molecule is C=CC1CC(=O)N([C@@H](Cc2ccccc2Cl)C(=O)O)C1. The zero-order valence-electron chi connectivity index (χ0n) is 11.0. The Morgan fingerprint density at radius 3 is 2.80 bits per heavy atom. The minimum Gasteiger partial charge on any atom is -0.480 e. The minimum absolute atomic E-state index is 0.0237. The van der Waals surface area contributed by atoms with Gasteiger partial charge in [0.05, 0.1) is 0 Å². The van der Waals surface area contributed by atoms with Crippen LogP contribution in [0.25, 0.3) is 0 Å². The topological polar surface area (TPSA) is 57.6 Å². The normalized spacial score (nSPS) is 19.9. The number of halogens is 1. The van der Waals surface area contributed by atoms with E-state index in [4.69, 9.17) is 11.6 Å². The monoisotopic (exact) mass is 293 g/mol. The molecule has 0 spiro atoms. The molecule has 1 aromatic carbocycles. The molecule has 1 aliphatic heterocycles. The van der Waals surface area contributed by atoms with Crippen molar-refractivity contribution in [3.8, 4) is 0 Å². The molecular formula is C15H16ClNO3. The second-order valence-electron chi connectivity index (χ2n) is 4.90. The van der Waals surface area contributed by atoms with Gasteiger partial charge in [-0.2, -0.15) is 0 Å². The average molecular weight is 294 g/mol. The summed E-state index contributed by atoms with van der Waals surface area (Å²) in [5.74, 6) is -1.13. The summed E-state index contributed by atoms with van der Waals surface area (Å²) < 4.78 is 0. The van der Waals surface area contributed by atoms with Crippen molar-refractivity contribution in [2.45, 2.75) is 18.9 Å². The van der Waals surface area contributed by atoms with Crippen LogP contribution in [0.15, 0.2) is 36.9 Å². The highest BCUT2D eigenvalue weighted by atomic mass is 35.5. The summed E-state index contributed by atoms with van der Waals surface area (Å²) in [6, 6.07) is 6.21. The van der Waals surface area contributed by atoms with E-state index >= 15 is 0 Å². The van der Waals surface area contributed by atoms with Crippen molar-refractivity contribution < 1.29 is 14.7 Å². The van der Waals surface area contributed by atoms with E-state index in [1.807, 2.05) is 0 Å². The van der Waals surface area contributed by atoms with Crippen molar-refractivity contribution in [1.82, 2.24) is 4.90 Å². The first kappa shape index (κ1) is 14.6. The van der Waals surface area contributed by atoms with E-state index in [0.29, 0.717) is 18.0 Å². The summed E-state index contributed by atoms with van der Waals surface area (Å²) in [5, 5.41) is 9.92. The van der Waals surface area contributed by atoms with Gasteiger partial charge in [0.1, 0.15) is 6.04 Å². The molecule has 0 saturated carbocycles. The van der Waals surface area contributed by atoms with Gasteiger partial charge in [-0.05, 0) is 11.6 Å². The van der Waals surface area contributed by atoms with Crippen molar-refractivity contribution in [3.63, 3.8) is 0 Å². The van der Waals surface area contributed by atoms with Gasteiger partial charge >= 0.3 is 5.97 Å². The summed E-state index contributed by atoms with van der Waals surface area (Å²) in [5.41, 5.74) is 0.733. The smallest absolute Gasteiger partial charge is 0.326 e. The number of rotatable bonds is 5. The van der Waals surface area contributed by atoms with E-state index in [0.717, 1.165) is 5.56 Å². The maximum Gasteiger partial charge on any atom is 0.326 e. The lowest BCUT2D eigenvalue weighted by Gasteiger charge is -2.25. The van der Waals surface area contributed by atoms with Crippen molar-refractivity contribution >= 4 is 23.5 Å². The van der Waals surface area contributed by atoms with Crippen LogP contribution in [0.5, 0.6) is 0 Å². The Kier molecular flexibility index (Phi) is 4.45. The molecule has 2 atom stereocenters. The molecule has 1 fully saturated rings. The highest BCUT2D eigenvalue weighted by Crippen LogP contribution is 2.25. The van der Waals surface area contributed by atoms with E-state index < -0.39 is 12.0 Å². The summed E-state index contributed by atoms with van der Waals surface area (Å²) in [6.45, 7) is 4.07. The van der Waals surface area contributed by atoms with Gasteiger partial charge in [-0.15, -0.1) is 6.58 Å². The molecule has 106 valence electrons. The first-order chi connectivity index (χ1) is 9.52. The molecule has 4 nitrogen and oxygen atoms in total. The van der Waals surface area contributed by atoms with Crippen LogP contribution in [0.4, 0.5) is 0 Å². The second kappa shape index (κ2) is 6.09.